The topological polar surface area (TPSA) is 21.3 Å². The Hall–Kier alpha value is -0.450. The van der Waals surface area contributed by atoms with Crippen molar-refractivity contribution in [3.05, 3.63) is 34.1 Å². The molecule has 0 aliphatic heterocycles. The van der Waals surface area contributed by atoms with E-state index in [1.807, 2.05) is 19.1 Å². The Morgan fingerprint density at radius 1 is 1.29 bits per heavy atom. The molecule has 0 radical (unpaired) electrons. The first-order valence-electron chi connectivity index (χ1n) is 7.78. The molecule has 0 aromatic heterocycles. The van der Waals surface area contributed by atoms with Crippen molar-refractivity contribution in [3.63, 3.8) is 0 Å². The normalized spacial score (nSPS) is 14.4. The van der Waals surface area contributed by atoms with Gasteiger partial charge in [-0.2, -0.15) is 0 Å². The molecule has 1 N–H and O–H groups in total. The van der Waals surface area contributed by atoms with Gasteiger partial charge in [0.2, 0.25) is 0 Å². The van der Waals surface area contributed by atoms with Crippen LogP contribution in [0.1, 0.15) is 39.7 Å². The van der Waals surface area contributed by atoms with Gasteiger partial charge in [0.25, 0.3) is 0 Å². The second-order valence-electron chi connectivity index (χ2n) is 5.68. The van der Waals surface area contributed by atoms with Crippen molar-refractivity contribution in [2.45, 2.75) is 52.7 Å². The lowest BCUT2D eigenvalue weighted by Gasteiger charge is -2.31. The molecule has 0 amide bonds. The highest BCUT2D eigenvalue weighted by Gasteiger charge is 2.25. The molecule has 120 valence electrons. The average molecular weight is 360 g/mol. The fourth-order valence-corrected chi connectivity index (χ4v) is 2.95. The van der Waals surface area contributed by atoms with Crippen LogP contribution in [-0.4, -0.2) is 25.3 Å². The molecule has 0 saturated heterocycles. The third kappa shape index (κ3) is 6.05. The lowest BCUT2D eigenvalue weighted by molar-refractivity contribution is 0.00361. The van der Waals surface area contributed by atoms with Gasteiger partial charge in [0.1, 0.15) is 5.82 Å². The van der Waals surface area contributed by atoms with Crippen molar-refractivity contribution in [2.75, 3.05) is 13.2 Å². The van der Waals surface area contributed by atoms with Gasteiger partial charge >= 0.3 is 0 Å². The number of hydrogen-bond acceptors (Lipinski definition) is 2. The lowest BCUT2D eigenvalue weighted by Crippen LogP contribution is -2.46. The number of hydrogen-bond donors (Lipinski definition) is 1. The zero-order valence-corrected chi connectivity index (χ0v) is 15.0. The molecule has 0 aliphatic rings. The third-order valence-electron chi connectivity index (χ3n) is 3.51. The van der Waals surface area contributed by atoms with Gasteiger partial charge in [0.15, 0.2) is 0 Å². The smallest absolute Gasteiger partial charge is 0.137 e. The van der Waals surface area contributed by atoms with Crippen molar-refractivity contribution >= 4 is 15.9 Å². The molecule has 4 heteroatoms. The monoisotopic (exact) mass is 359 g/mol. The Bertz CT molecular complexity index is 425. The molecule has 21 heavy (non-hydrogen) atoms. The van der Waals surface area contributed by atoms with Crippen LogP contribution in [0.3, 0.4) is 0 Å². The Balaban J connectivity index is 2.87. The fraction of sp³-hybridized carbons (Fsp3) is 0.647. The van der Waals surface area contributed by atoms with Gasteiger partial charge in [-0.05, 0) is 65.9 Å². The molecular weight excluding hydrogens is 333 g/mol. The number of rotatable bonds is 9. The highest BCUT2D eigenvalue weighted by atomic mass is 79.9. The summed E-state index contributed by atoms with van der Waals surface area (Å²) >= 11 is 3.26. The van der Waals surface area contributed by atoms with Crippen molar-refractivity contribution in [1.82, 2.24) is 5.32 Å². The van der Waals surface area contributed by atoms with Crippen molar-refractivity contribution < 1.29 is 9.13 Å². The van der Waals surface area contributed by atoms with E-state index >= 15 is 0 Å². The fourth-order valence-electron chi connectivity index (χ4n) is 2.52. The second kappa shape index (κ2) is 9.54. The minimum atomic E-state index is -0.220. The van der Waals surface area contributed by atoms with Crippen LogP contribution in [0.4, 0.5) is 4.39 Å². The van der Waals surface area contributed by atoms with E-state index in [-0.39, 0.29) is 18.0 Å². The quantitative estimate of drug-likeness (QED) is 0.697. The summed E-state index contributed by atoms with van der Waals surface area (Å²) in [4.78, 5) is 0. The van der Waals surface area contributed by atoms with E-state index in [4.69, 9.17) is 4.74 Å². The molecular formula is C17H27BrFNO. The summed E-state index contributed by atoms with van der Waals surface area (Å²) in [5.41, 5.74) is 1.11. The first-order valence-corrected chi connectivity index (χ1v) is 8.57. The lowest BCUT2D eigenvalue weighted by atomic mass is 9.93. The highest BCUT2D eigenvalue weighted by Crippen LogP contribution is 2.20. The summed E-state index contributed by atoms with van der Waals surface area (Å²) in [6, 6.07) is 5.47. The van der Waals surface area contributed by atoms with Gasteiger partial charge < -0.3 is 10.1 Å². The zero-order chi connectivity index (χ0) is 15.8. The average Bonchev–Trinajstić information content (AvgIpc) is 2.44. The summed E-state index contributed by atoms with van der Waals surface area (Å²) in [5, 5.41) is 3.58. The zero-order valence-electron chi connectivity index (χ0n) is 13.5. The number of benzene rings is 1. The molecule has 2 nitrogen and oxygen atoms in total. The molecule has 0 fully saturated rings. The Morgan fingerprint density at radius 2 is 2.00 bits per heavy atom. The van der Waals surface area contributed by atoms with Crippen molar-refractivity contribution in [2.24, 2.45) is 5.92 Å². The van der Waals surface area contributed by atoms with Crippen LogP contribution in [0.2, 0.25) is 0 Å². The maximum Gasteiger partial charge on any atom is 0.137 e. The summed E-state index contributed by atoms with van der Waals surface area (Å²) in [5.74, 6) is 0.213. The molecule has 1 rings (SSSR count). The van der Waals surface area contributed by atoms with Crippen LogP contribution >= 0.6 is 15.9 Å². The van der Waals surface area contributed by atoms with Crippen LogP contribution in [0, 0.1) is 11.7 Å². The minimum Gasteiger partial charge on any atom is -0.377 e. The van der Waals surface area contributed by atoms with E-state index in [0.29, 0.717) is 17.0 Å². The summed E-state index contributed by atoms with van der Waals surface area (Å²) in [7, 11) is 0. The van der Waals surface area contributed by atoms with Gasteiger partial charge in [-0.25, -0.2) is 4.39 Å². The summed E-state index contributed by atoms with van der Waals surface area (Å²) in [6.07, 6.45) is 2.08. The molecule has 0 aliphatic carbocycles. The number of halogens is 2. The standard InChI is InChI=1S/C17H27BrFNO/c1-5-9-20-16(17(12(3)4)21-6-2)11-13-7-8-15(19)14(18)10-13/h7-8,10,12,16-17,20H,5-6,9,11H2,1-4H3. The minimum absolute atomic E-state index is 0.158. The molecule has 2 atom stereocenters. The van der Waals surface area contributed by atoms with E-state index in [2.05, 4.69) is 42.0 Å². The van der Waals surface area contributed by atoms with E-state index in [1.165, 1.54) is 6.07 Å². The predicted octanol–water partition coefficient (Wildman–Crippen LogP) is 4.56. The summed E-state index contributed by atoms with van der Waals surface area (Å²) in [6.45, 7) is 10.2. The molecule has 0 spiro atoms. The Kier molecular flexibility index (Phi) is 8.45. The first-order chi connectivity index (χ1) is 9.99. The molecule has 0 bridgehead atoms. The van der Waals surface area contributed by atoms with E-state index in [1.54, 1.807) is 0 Å². The molecule has 2 unspecified atom stereocenters. The van der Waals surface area contributed by atoms with E-state index in [0.717, 1.165) is 24.9 Å². The Labute approximate surface area is 136 Å². The van der Waals surface area contributed by atoms with Crippen LogP contribution in [0.5, 0.6) is 0 Å². The molecule has 1 aromatic carbocycles. The van der Waals surface area contributed by atoms with Gasteiger partial charge in [-0.3, -0.25) is 0 Å². The molecule has 1 aromatic rings. The van der Waals surface area contributed by atoms with Crippen molar-refractivity contribution in [3.8, 4) is 0 Å². The van der Waals surface area contributed by atoms with Gasteiger partial charge in [0, 0.05) is 12.6 Å². The second-order valence-corrected chi connectivity index (χ2v) is 6.53. The number of nitrogens with one attached hydrogen (secondary N) is 1. The van der Waals surface area contributed by atoms with Gasteiger partial charge in [-0.1, -0.05) is 26.8 Å². The van der Waals surface area contributed by atoms with E-state index < -0.39 is 0 Å². The van der Waals surface area contributed by atoms with Crippen LogP contribution in [0.15, 0.2) is 22.7 Å². The van der Waals surface area contributed by atoms with Crippen LogP contribution < -0.4 is 5.32 Å². The maximum atomic E-state index is 13.4. The largest absolute Gasteiger partial charge is 0.377 e. The number of ether oxygens (including phenoxy) is 1. The first kappa shape index (κ1) is 18.6. The maximum absolute atomic E-state index is 13.4. The SMILES string of the molecule is CCCNC(Cc1ccc(F)c(Br)c1)C(OCC)C(C)C. The summed E-state index contributed by atoms with van der Waals surface area (Å²) < 4.78 is 19.8. The van der Waals surface area contributed by atoms with Gasteiger partial charge in [-0.15, -0.1) is 0 Å². The van der Waals surface area contributed by atoms with Crippen molar-refractivity contribution in [1.29, 1.82) is 0 Å². The Morgan fingerprint density at radius 3 is 2.52 bits per heavy atom. The van der Waals surface area contributed by atoms with Crippen LogP contribution in [0.25, 0.3) is 0 Å². The van der Waals surface area contributed by atoms with Gasteiger partial charge in [0.05, 0.1) is 10.6 Å². The predicted molar refractivity (Wildman–Crippen MR) is 90.1 cm³/mol. The van der Waals surface area contributed by atoms with E-state index in [9.17, 15) is 4.39 Å². The van der Waals surface area contributed by atoms with Crippen LogP contribution in [-0.2, 0) is 11.2 Å². The molecule has 0 saturated carbocycles. The third-order valence-corrected chi connectivity index (χ3v) is 4.12. The molecule has 0 heterocycles. The highest BCUT2D eigenvalue weighted by molar-refractivity contribution is 9.10.